The molecule has 0 aromatic rings. The molecule has 0 aromatic carbocycles. The molecule has 80 valence electrons. The van der Waals surface area contributed by atoms with Crippen LogP contribution in [0.5, 0.6) is 0 Å². The van der Waals surface area contributed by atoms with Crippen molar-refractivity contribution in [3.8, 4) is 0 Å². The molecule has 0 aliphatic heterocycles. The van der Waals surface area contributed by atoms with Crippen LogP contribution < -0.4 is 11.1 Å². The molecule has 14 heavy (non-hydrogen) atoms. The van der Waals surface area contributed by atoms with Gasteiger partial charge in [-0.15, -0.1) is 6.58 Å². The summed E-state index contributed by atoms with van der Waals surface area (Å²) < 4.78 is 0. The van der Waals surface area contributed by atoms with Gasteiger partial charge in [-0.1, -0.05) is 26.0 Å². The zero-order chi connectivity index (χ0) is 11.0. The molecule has 0 aliphatic carbocycles. The van der Waals surface area contributed by atoms with Crippen molar-refractivity contribution in [2.45, 2.75) is 26.3 Å². The van der Waals surface area contributed by atoms with Crippen LogP contribution in [0.15, 0.2) is 24.8 Å². The number of nitrogens with two attached hydrogens (primary N) is 1. The Hall–Kier alpha value is -1.09. The minimum atomic E-state index is -0.0945. The molecule has 0 saturated heterocycles. The fourth-order valence-corrected chi connectivity index (χ4v) is 0.777. The highest BCUT2D eigenvalue weighted by Crippen LogP contribution is 1.98. The molecule has 0 aromatic heterocycles. The van der Waals surface area contributed by atoms with Crippen LogP contribution in [0.4, 0.5) is 0 Å². The molecule has 0 spiro atoms. The van der Waals surface area contributed by atoms with Crippen molar-refractivity contribution in [2.75, 3.05) is 6.54 Å². The zero-order valence-electron chi connectivity index (χ0n) is 8.99. The third-order valence-electron chi connectivity index (χ3n) is 1.89. The van der Waals surface area contributed by atoms with Gasteiger partial charge in [-0.3, -0.25) is 4.79 Å². The van der Waals surface area contributed by atoms with Gasteiger partial charge < -0.3 is 11.1 Å². The van der Waals surface area contributed by atoms with E-state index < -0.39 is 0 Å². The number of hydrogen-bond donors (Lipinski definition) is 2. The smallest absolute Gasteiger partial charge is 0.243 e. The first kappa shape index (κ1) is 12.9. The Morgan fingerprint density at radius 1 is 1.57 bits per heavy atom. The van der Waals surface area contributed by atoms with Gasteiger partial charge in [0.2, 0.25) is 5.91 Å². The monoisotopic (exact) mass is 196 g/mol. The van der Waals surface area contributed by atoms with Crippen LogP contribution in [-0.4, -0.2) is 18.5 Å². The summed E-state index contributed by atoms with van der Waals surface area (Å²) in [6.07, 6.45) is 5.78. The van der Waals surface area contributed by atoms with Crippen molar-refractivity contribution >= 4 is 5.91 Å². The highest BCUT2D eigenvalue weighted by atomic mass is 16.1. The molecule has 0 aliphatic rings. The normalized spacial score (nSPS) is 13.1. The molecule has 3 N–H and O–H groups in total. The fourth-order valence-electron chi connectivity index (χ4n) is 0.777. The van der Waals surface area contributed by atoms with Gasteiger partial charge in [0.15, 0.2) is 0 Å². The minimum Gasteiger partial charge on any atom is -0.352 e. The summed E-state index contributed by atoms with van der Waals surface area (Å²) in [5, 5.41) is 2.73. The zero-order valence-corrected chi connectivity index (χ0v) is 8.99. The Balaban J connectivity index is 3.75. The Morgan fingerprint density at radius 3 is 2.71 bits per heavy atom. The highest BCUT2D eigenvalue weighted by Gasteiger charge is 2.02. The van der Waals surface area contributed by atoms with Crippen LogP contribution in [0.3, 0.4) is 0 Å². The number of hydrogen-bond acceptors (Lipinski definition) is 2. The lowest BCUT2D eigenvalue weighted by Crippen LogP contribution is -2.26. The summed E-state index contributed by atoms with van der Waals surface area (Å²) in [5.74, 6) is 0.259. The standard InChI is InChI=1S/C11H20N2O/c1-4-5-8-13-11(14)7-6-10(12)9(2)3/h4,6-7,9-10H,1,5,8,12H2,2-3H3,(H,13,14)/b7-6+/t10-/m1/s1. The molecule has 3 heteroatoms. The molecule has 0 heterocycles. The van der Waals surface area contributed by atoms with Crippen LogP contribution in [0, 0.1) is 5.92 Å². The second-order valence-corrected chi connectivity index (χ2v) is 3.55. The Labute approximate surface area is 86.1 Å². The van der Waals surface area contributed by atoms with E-state index in [1.54, 1.807) is 12.2 Å². The van der Waals surface area contributed by atoms with Gasteiger partial charge in [0, 0.05) is 18.7 Å². The topological polar surface area (TPSA) is 55.1 Å². The molecular weight excluding hydrogens is 176 g/mol. The van der Waals surface area contributed by atoms with Gasteiger partial charge in [0.25, 0.3) is 0 Å². The van der Waals surface area contributed by atoms with E-state index in [0.29, 0.717) is 12.5 Å². The highest BCUT2D eigenvalue weighted by molar-refractivity contribution is 5.87. The number of carbonyl (C=O) groups is 1. The van der Waals surface area contributed by atoms with E-state index in [1.165, 1.54) is 6.08 Å². The van der Waals surface area contributed by atoms with E-state index in [9.17, 15) is 4.79 Å². The lowest BCUT2D eigenvalue weighted by Gasteiger charge is -2.09. The van der Waals surface area contributed by atoms with Crippen LogP contribution in [0.25, 0.3) is 0 Å². The van der Waals surface area contributed by atoms with Gasteiger partial charge in [-0.25, -0.2) is 0 Å². The van der Waals surface area contributed by atoms with E-state index in [-0.39, 0.29) is 11.9 Å². The minimum absolute atomic E-state index is 0.0554. The van der Waals surface area contributed by atoms with Crippen LogP contribution in [0.2, 0.25) is 0 Å². The summed E-state index contributed by atoms with van der Waals surface area (Å²) in [4.78, 5) is 11.2. The van der Waals surface area contributed by atoms with E-state index >= 15 is 0 Å². The van der Waals surface area contributed by atoms with Crippen molar-refractivity contribution in [2.24, 2.45) is 11.7 Å². The average molecular weight is 196 g/mol. The first-order valence-corrected chi connectivity index (χ1v) is 4.90. The summed E-state index contributed by atoms with van der Waals surface area (Å²) in [5.41, 5.74) is 5.74. The molecule has 3 nitrogen and oxygen atoms in total. The quantitative estimate of drug-likeness (QED) is 0.381. The number of nitrogens with one attached hydrogen (secondary N) is 1. The van der Waals surface area contributed by atoms with E-state index in [0.717, 1.165) is 6.42 Å². The van der Waals surface area contributed by atoms with Crippen LogP contribution >= 0.6 is 0 Å². The second-order valence-electron chi connectivity index (χ2n) is 3.55. The molecule has 0 fully saturated rings. The largest absolute Gasteiger partial charge is 0.352 e. The van der Waals surface area contributed by atoms with Crippen LogP contribution in [0.1, 0.15) is 20.3 Å². The summed E-state index contributed by atoms with van der Waals surface area (Å²) in [6, 6.07) is -0.0554. The molecule has 0 radical (unpaired) electrons. The Morgan fingerprint density at radius 2 is 2.21 bits per heavy atom. The lowest BCUT2D eigenvalue weighted by atomic mass is 10.1. The van der Waals surface area contributed by atoms with Gasteiger partial charge in [-0.2, -0.15) is 0 Å². The molecule has 0 saturated carbocycles. The summed E-state index contributed by atoms with van der Waals surface area (Å²) in [7, 11) is 0. The first-order valence-electron chi connectivity index (χ1n) is 4.90. The third-order valence-corrected chi connectivity index (χ3v) is 1.89. The van der Waals surface area contributed by atoms with Gasteiger partial charge in [0.05, 0.1) is 0 Å². The van der Waals surface area contributed by atoms with E-state index in [1.807, 2.05) is 13.8 Å². The number of amides is 1. The SMILES string of the molecule is C=CCCNC(=O)/C=C/[C@@H](N)C(C)C. The summed E-state index contributed by atoms with van der Waals surface area (Å²) >= 11 is 0. The van der Waals surface area contributed by atoms with Gasteiger partial charge in [0.1, 0.15) is 0 Å². The maximum Gasteiger partial charge on any atom is 0.243 e. The lowest BCUT2D eigenvalue weighted by molar-refractivity contribution is -0.116. The maximum absolute atomic E-state index is 11.2. The van der Waals surface area contributed by atoms with Crippen molar-refractivity contribution in [1.82, 2.24) is 5.32 Å². The van der Waals surface area contributed by atoms with Crippen LogP contribution in [-0.2, 0) is 4.79 Å². The molecule has 0 bridgehead atoms. The molecule has 1 amide bonds. The third kappa shape index (κ3) is 6.43. The predicted molar refractivity (Wildman–Crippen MR) is 59.8 cm³/mol. The van der Waals surface area contributed by atoms with Crippen molar-refractivity contribution in [1.29, 1.82) is 0 Å². The van der Waals surface area contributed by atoms with E-state index in [2.05, 4.69) is 11.9 Å². The number of rotatable bonds is 6. The average Bonchev–Trinajstić information content (AvgIpc) is 2.14. The number of carbonyl (C=O) groups excluding carboxylic acids is 1. The first-order chi connectivity index (χ1) is 6.57. The predicted octanol–water partition coefficient (Wildman–Crippen LogP) is 1.22. The fraction of sp³-hybridized carbons (Fsp3) is 0.545. The van der Waals surface area contributed by atoms with Crippen molar-refractivity contribution in [3.63, 3.8) is 0 Å². The van der Waals surface area contributed by atoms with Crippen molar-refractivity contribution in [3.05, 3.63) is 24.8 Å². The molecular formula is C11H20N2O. The summed E-state index contributed by atoms with van der Waals surface area (Å²) in [6.45, 7) is 8.23. The van der Waals surface area contributed by atoms with Gasteiger partial charge in [-0.05, 0) is 12.3 Å². The molecule has 1 atom stereocenters. The Bertz CT molecular complexity index is 209. The van der Waals surface area contributed by atoms with Crippen molar-refractivity contribution < 1.29 is 4.79 Å². The molecule has 0 rings (SSSR count). The maximum atomic E-state index is 11.2. The Kier molecular flexibility index (Phi) is 6.76. The molecule has 0 unspecified atom stereocenters. The van der Waals surface area contributed by atoms with Gasteiger partial charge >= 0.3 is 0 Å². The van der Waals surface area contributed by atoms with E-state index in [4.69, 9.17) is 5.73 Å². The second kappa shape index (κ2) is 7.33.